The highest BCUT2D eigenvalue weighted by Crippen LogP contribution is 2.31. The number of hydrogen-bond acceptors (Lipinski definition) is 4. The van der Waals surface area contributed by atoms with Crippen LogP contribution in [0.2, 0.25) is 0 Å². The summed E-state index contributed by atoms with van der Waals surface area (Å²) in [5, 5.41) is 0. The van der Waals surface area contributed by atoms with Gasteiger partial charge in [0.05, 0.1) is 18.4 Å². The minimum absolute atomic E-state index is 0.00339. The van der Waals surface area contributed by atoms with E-state index in [0.29, 0.717) is 6.61 Å². The van der Waals surface area contributed by atoms with Gasteiger partial charge in [-0.25, -0.2) is 4.39 Å². The average Bonchev–Trinajstić information content (AvgIpc) is 2.29. The Labute approximate surface area is 109 Å². The van der Waals surface area contributed by atoms with Crippen LogP contribution in [0.4, 0.5) is 18.9 Å². The maximum absolute atomic E-state index is 13.3. The average molecular weight is 279 g/mol. The van der Waals surface area contributed by atoms with E-state index in [9.17, 15) is 13.2 Å². The van der Waals surface area contributed by atoms with Gasteiger partial charge in [0.25, 0.3) is 0 Å². The molecule has 0 spiro atoms. The molecular formula is C12H16F3NO3. The van der Waals surface area contributed by atoms with E-state index >= 15 is 0 Å². The van der Waals surface area contributed by atoms with E-state index in [-0.39, 0.29) is 24.1 Å². The van der Waals surface area contributed by atoms with Crippen LogP contribution >= 0.6 is 0 Å². The van der Waals surface area contributed by atoms with Crippen LogP contribution in [0.1, 0.15) is 13.8 Å². The predicted octanol–water partition coefficient (Wildman–Crippen LogP) is 2.81. The Bertz CT molecular complexity index is 413. The summed E-state index contributed by atoms with van der Waals surface area (Å²) in [7, 11) is 0. The third kappa shape index (κ3) is 5.25. The van der Waals surface area contributed by atoms with Crippen LogP contribution in [-0.2, 0) is 4.74 Å². The minimum Gasteiger partial charge on any atom is -0.489 e. The van der Waals surface area contributed by atoms with E-state index in [4.69, 9.17) is 15.2 Å². The normalized spacial score (nSPS) is 11.1. The second-order valence-electron chi connectivity index (χ2n) is 3.97. The minimum atomic E-state index is -3.12. The summed E-state index contributed by atoms with van der Waals surface area (Å²) < 4.78 is 51.8. The summed E-state index contributed by atoms with van der Waals surface area (Å²) in [5.74, 6) is -1.50. The monoisotopic (exact) mass is 279 g/mol. The van der Waals surface area contributed by atoms with E-state index in [1.165, 1.54) is 0 Å². The van der Waals surface area contributed by atoms with Gasteiger partial charge in [-0.2, -0.15) is 8.78 Å². The molecule has 2 N–H and O–H groups in total. The molecule has 0 unspecified atom stereocenters. The van der Waals surface area contributed by atoms with Gasteiger partial charge in [-0.15, -0.1) is 0 Å². The van der Waals surface area contributed by atoms with Crippen LogP contribution < -0.4 is 15.2 Å². The first kappa shape index (κ1) is 15.4. The van der Waals surface area contributed by atoms with Gasteiger partial charge in [-0.05, 0) is 13.8 Å². The van der Waals surface area contributed by atoms with Gasteiger partial charge < -0.3 is 19.9 Å². The molecule has 19 heavy (non-hydrogen) atoms. The molecule has 0 amide bonds. The number of anilines is 1. The van der Waals surface area contributed by atoms with E-state index in [2.05, 4.69) is 4.74 Å². The first-order chi connectivity index (χ1) is 8.90. The van der Waals surface area contributed by atoms with Crippen molar-refractivity contribution in [2.45, 2.75) is 26.6 Å². The summed E-state index contributed by atoms with van der Waals surface area (Å²) >= 11 is 0. The number of rotatable bonds is 7. The molecule has 0 atom stereocenters. The lowest BCUT2D eigenvalue weighted by Gasteiger charge is -2.13. The molecule has 7 heteroatoms. The highest BCUT2D eigenvalue weighted by molar-refractivity contribution is 5.56. The molecule has 0 bridgehead atoms. The second-order valence-corrected chi connectivity index (χ2v) is 3.97. The number of nitrogen functional groups attached to an aromatic ring is 1. The van der Waals surface area contributed by atoms with Crippen molar-refractivity contribution in [1.82, 2.24) is 0 Å². The number of ether oxygens (including phenoxy) is 3. The Morgan fingerprint density at radius 3 is 2.42 bits per heavy atom. The van der Waals surface area contributed by atoms with Crippen molar-refractivity contribution in [3.8, 4) is 11.5 Å². The van der Waals surface area contributed by atoms with Crippen molar-refractivity contribution < 1.29 is 27.4 Å². The fraction of sp³-hybridized carbons (Fsp3) is 0.500. The lowest BCUT2D eigenvalue weighted by molar-refractivity contribution is -0.0523. The lowest BCUT2D eigenvalue weighted by Crippen LogP contribution is -2.12. The van der Waals surface area contributed by atoms with Gasteiger partial charge in [0.1, 0.15) is 12.4 Å². The van der Waals surface area contributed by atoms with E-state index < -0.39 is 18.2 Å². The Balaban J connectivity index is 2.66. The molecule has 1 aromatic rings. The van der Waals surface area contributed by atoms with Crippen molar-refractivity contribution in [3.05, 3.63) is 17.9 Å². The van der Waals surface area contributed by atoms with Gasteiger partial charge in [0.15, 0.2) is 11.6 Å². The summed E-state index contributed by atoms with van der Waals surface area (Å²) in [6.07, 6.45) is 0.0480. The zero-order valence-corrected chi connectivity index (χ0v) is 10.7. The molecule has 4 nitrogen and oxygen atoms in total. The second kappa shape index (κ2) is 7.08. The Hall–Kier alpha value is -1.63. The van der Waals surface area contributed by atoms with E-state index in [0.717, 1.165) is 12.1 Å². The summed E-state index contributed by atoms with van der Waals surface area (Å²) in [6.45, 7) is 1.08. The Morgan fingerprint density at radius 1 is 1.16 bits per heavy atom. The van der Waals surface area contributed by atoms with Gasteiger partial charge in [-0.3, -0.25) is 0 Å². The molecule has 0 fully saturated rings. The maximum Gasteiger partial charge on any atom is 0.387 e. The number of halogens is 3. The molecular weight excluding hydrogens is 263 g/mol. The molecule has 0 radical (unpaired) electrons. The van der Waals surface area contributed by atoms with Crippen LogP contribution in [0.25, 0.3) is 0 Å². The molecule has 0 saturated carbocycles. The highest BCUT2D eigenvalue weighted by Gasteiger charge is 2.14. The zero-order chi connectivity index (χ0) is 14.4. The molecule has 0 aromatic heterocycles. The van der Waals surface area contributed by atoms with Crippen molar-refractivity contribution >= 4 is 5.69 Å². The third-order valence-electron chi connectivity index (χ3n) is 2.07. The van der Waals surface area contributed by atoms with Gasteiger partial charge in [0, 0.05) is 12.1 Å². The molecule has 0 saturated heterocycles. The van der Waals surface area contributed by atoms with Crippen molar-refractivity contribution in [1.29, 1.82) is 0 Å². The summed E-state index contributed by atoms with van der Waals surface area (Å²) in [5.41, 5.74) is 5.52. The van der Waals surface area contributed by atoms with Crippen molar-refractivity contribution in [2.24, 2.45) is 0 Å². The van der Waals surface area contributed by atoms with Crippen LogP contribution in [-0.4, -0.2) is 25.9 Å². The van der Waals surface area contributed by atoms with Gasteiger partial charge in [-0.1, -0.05) is 0 Å². The quantitative estimate of drug-likeness (QED) is 0.616. The topological polar surface area (TPSA) is 53.7 Å². The molecule has 1 rings (SSSR count). The van der Waals surface area contributed by atoms with E-state index in [1.54, 1.807) is 0 Å². The first-order valence-corrected chi connectivity index (χ1v) is 5.68. The first-order valence-electron chi connectivity index (χ1n) is 5.68. The van der Waals surface area contributed by atoms with Crippen LogP contribution in [0.15, 0.2) is 12.1 Å². The molecule has 0 heterocycles. The fourth-order valence-corrected chi connectivity index (χ4v) is 1.30. The molecule has 0 aliphatic rings. The smallest absolute Gasteiger partial charge is 0.387 e. The standard InChI is InChI=1S/C12H16F3NO3/c1-7(2)17-3-4-18-11-6-10(19-12(14)15)8(13)5-9(11)16/h5-7,12H,3-4,16H2,1-2H3. The molecule has 1 aromatic carbocycles. The Kier molecular flexibility index (Phi) is 5.75. The van der Waals surface area contributed by atoms with Gasteiger partial charge in [0.2, 0.25) is 0 Å². The number of hydrogen-bond donors (Lipinski definition) is 1. The maximum atomic E-state index is 13.3. The SMILES string of the molecule is CC(C)OCCOc1cc(OC(F)F)c(F)cc1N. The molecule has 108 valence electrons. The van der Waals surface area contributed by atoms with Gasteiger partial charge >= 0.3 is 6.61 Å². The molecule has 0 aliphatic heterocycles. The number of benzene rings is 1. The lowest BCUT2D eigenvalue weighted by atomic mass is 10.2. The van der Waals surface area contributed by atoms with Crippen LogP contribution in [0.3, 0.4) is 0 Å². The Morgan fingerprint density at radius 2 is 1.84 bits per heavy atom. The van der Waals surface area contributed by atoms with Crippen molar-refractivity contribution in [2.75, 3.05) is 18.9 Å². The van der Waals surface area contributed by atoms with E-state index in [1.807, 2.05) is 13.8 Å². The summed E-state index contributed by atoms with van der Waals surface area (Å²) in [6, 6.07) is 1.86. The van der Waals surface area contributed by atoms with Crippen molar-refractivity contribution in [3.63, 3.8) is 0 Å². The largest absolute Gasteiger partial charge is 0.489 e. The number of nitrogens with two attached hydrogens (primary N) is 1. The summed E-state index contributed by atoms with van der Waals surface area (Å²) in [4.78, 5) is 0. The predicted molar refractivity (Wildman–Crippen MR) is 64.0 cm³/mol. The van der Waals surface area contributed by atoms with Crippen LogP contribution in [0, 0.1) is 5.82 Å². The van der Waals surface area contributed by atoms with Crippen LogP contribution in [0.5, 0.6) is 11.5 Å². The number of alkyl halides is 2. The third-order valence-corrected chi connectivity index (χ3v) is 2.07. The zero-order valence-electron chi connectivity index (χ0n) is 10.7. The fourth-order valence-electron chi connectivity index (χ4n) is 1.30. The highest BCUT2D eigenvalue weighted by atomic mass is 19.3. The molecule has 0 aliphatic carbocycles.